The predicted molar refractivity (Wildman–Crippen MR) is 138 cm³/mol. The van der Waals surface area contributed by atoms with Crippen LogP contribution in [0.5, 0.6) is 5.75 Å². The maximum atomic E-state index is 13.5. The first-order valence-electron chi connectivity index (χ1n) is 12.0. The quantitative estimate of drug-likeness (QED) is 0.439. The number of nitrogens with zero attached hydrogens (tertiary/aromatic N) is 1. The Hall–Kier alpha value is -2.24. The number of halogens is 2. The number of benzene rings is 2. The molecule has 0 saturated heterocycles. The summed E-state index contributed by atoms with van der Waals surface area (Å²) in [7, 11) is 0. The van der Waals surface area contributed by atoms with Gasteiger partial charge in [-0.2, -0.15) is 0 Å². The Morgan fingerprint density at radius 3 is 2.38 bits per heavy atom. The minimum atomic E-state index is -0.649. The molecule has 2 aromatic carbocycles. The molecule has 0 aromatic heterocycles. The second kappa shape index (κ2) is 12.5. The first-order valence-corrected chi connectivity index (χ1v) is 12.8. The molecule has 34 heavy (non-hydrogen) atoms. The highest BCUT2D eigenvalue weighted by Crippen LogP contribution is 2.27. The molecule has 2 aromatic rings. The standard InChI is InChI=1S/C27H34Cl2N2O3/c1-4-24(27(33)30-20-9-6-5-7-10-20)31(16-21-22(28)11-8-12-23(21)29)26(32)17-34-25-14-13-18(2)15-19(25)3/h8,11-15,20,24H,4-7,9-10,16-17H2,1-3H3,(H,30,33)/t24-/m0/s1. The van der Waals surface area contributed by atoms with Gasteiger partial charge in [0.1, 0.15) is 11.8 Å². The van der Waals surface area contributed by atoms with Crippen LogP contribution in [0.2, 0.25) is 10.0 Å². The second-order valence-electron chi connectivity index (χ2n) is 9.05. The van der Waals surface area contributed by atoms with Gasteiger partial charge in [-0.25, -0.2) is 0 Å². The Morgan fingerprint density at radius 2 is 1.76 bits per heavy atom. The van der Waals surface area contributed by atoms with Gasteiger partial charge in [0.25, 0.3) is 5.91 Å². The number of hydrogen-bond acceptors (Lipinski definition) is 3. The number of amides is 2. The van der Waals surface area contributed by atoms with Gasteiger partial charge in [0.05, 0.1) is 0 Å². The number of aryl methyl sites for hydroxylation is 2. The van der Waals surface area contributed by atoms with Crippen molar-refractivity contribution in [3.05, 3.63) is 63.1 Å². The van der Waals surface area contributed by atoms with Gasteiger partial charge >= 0.3 is 0 Å². The van der Waals surface area contributed by atoms with E-state index in [2.05, 4.69) is 5.32 Å². The molecule has 0 unspecified atom stereocenters. The third kappa shape index (κ3) is 6.89. The van der Waals surface area contributed by atoms with Crippen molar-refractivity contribution >= 4 is 35.0 Å². The average Bonchev–Trinajstić information content (AvgIpc) is 2.80. The van der Waals surface area contributed by atoms with E-state index in [-0.39, 0.29) is 31.0 Å². The molecular formula is C27H34Cl2N2O3. The molecule has 0 aliphatic heterocycles. The van der Waals surface area contributed by atoms with Crippen molar-refractivity contribution in [3.63, 3.8) is 0 Å². The summed E-state index contributed by atoms with van der Waals surface area (Å²) in [5.41, 5.74) is 2.70. The monoisotopic (exact) mass is 504 g/mol. The van der Waals surface area contributed by atoms with Crippen LogP contribution in [-0.4, -0.2) is 35.4 Å². The molecule has 1 N–H and O–H groups in total. The Morgan fingerprint density at radius 1 is 1.09 bits per heavy atom. The summed E-state index contributed by atoms with van der Waals surface area (Å²) in [5, 5.41) is 4.09. The molecule has 2 amide bonds. The van der Waals surface area contributed by atoms with E-state index in [1.807, 2.05) is 39.0 Å². The molecule has 5 nitrogen and oxygen atoms in total. The molecule has 184 valence electrons. The van der Waals surface area contributed by atoms with Gasteiger partial charge < -0.3 is 15.0 Å². The van der Waals surface area contributed by atoms with E-state index < -0.39 is 6.04 Å². The van der Waals surface area contributed by atoms with E-state index in [9.17, 15) is 9.59 Å². The molecule has 3 rings (SSSR count). The van der Waals surface area contributed by atoms with Crippen LogP contribution in [0, 0.1) is 13.8 Å². The van der Waals surface area contributed by atoms with E-state index in [4.69, 9.17) is 27.9 Å². The van der Waals surface area contributed by atoms with Gasteiger partial charge in [-0.05, 0) is 56.9 Å². The molecular weight excluding hydrogens is 471 g/mol. The summed E-state index contributed by atoms with van der Waals surface area (Å²) >= 11 is 12.8. The second-order valence-corrected chi connectivity index (χ2v) is 9.86. The number of ether oxygens (including phenoxy) is 1. The molecule has 1 atom stereocenters. The smallest absolute Gasteiger partial charge is 0.261 e. The van der Waals surface area contributed by atoms with Crippen LogP contribution in [0.25, 0.3) is 0 Å². The molecule has 1 aliphatic carbocycles. The zero-order valence-corrected chi connectivity index (χ0v) is 21.7. The Bertz CT molecular complexity index is 985. The fourth-order valence-corrected chi connectivity index (χ4v) is 5.02. The highest BCUT2D eigenvalue weighted by Gasteiger charge is 2.31. The molecule has 0 spiro atoms. The molecule has 0 heterocycles. The van der Waals surface area contributed by atoms with E-state index in [1.165, 1.54) is 6.42 Å². The van der Waals surface area contributed by atoms with Crippen molar-refractivity contribution in [3.8, 4) is 5.75 Å². The lowest BCUT2D eigenvalue weighted by molar-refractivity contribution is -0.143. The Balaban J connectivity index is 1.82. The van der Waals surface area contributed by atoms with Gasteiger partial charge in [-0.1, -0.05) is 73.2 Å². The molecule has 1 saturated carbocycles. The van der Waals surface area contributed by atoms with Crippen molar-refractivity contribution < 1.29 is 14.3 Å². The minimum absolute atomic E-state index is 0.129. The zero-order chi connectivity index (χ0) is 24.7. The van der Waals surface area contributed by atoms with Crippen LogP contribution < -0.4 is 10.1 Å². The molecule has 0 bridgehead atoms. The van der Waals surface area contributed by atoms with E-state index in [0.717, 1.165) is 36.8 Å². The van der Waals surface area contributed by atoms with Crippen molar-refractivity contribution in [1.82, 2.24) is 10.2 Å². The van der Waals surface area contributed by atoms with Crippen LogP contribution in [-0.2, 0) is 16.1 Å². The highest BCUT2D eigenvalue weighted by molar-refractivity contribution is 6.36. The number of nitrogens with one attached hydrogen (secondary N) is 1. The van der Waals surface area contributed by atoms with Crippen molar-refractivity contribution in [1.29, 1.82) is 0 Å². The SMILES string of the molecule is CC[C@@H](C(=O)NC1CCCCC1)N(Cc1c(Cl)cccc1Cl)C(=O)COc1ccc(C)cc1C. The number of hydrogen-bond donors (Lipinski definition) is 1. The third-order valence-corrected chi connectivity index (χ3v) is 7.12. The third-order valence-electron chi connectivity index (χ3n) is 6.41. The summed E-state index contributed by atoms with van der Waals surface area (Å²) in [6, 6.07) is 10.6. The number of carbonyl (C=O) groups is 2. The molecule has 1 fully saturated rings. The van der Waals surface area contributed by atoms with Crippen LogP contribution in [0.15, 0.2) is 36.4 Å². The van der Waals surface area contributed by atoms with Crippen molar-refractivity contribution in [2.75, 3.05) is 6.61 Å². The van der Waals surface area contributed by atoms with E-state index in [0.29, 0.717) is 27.8 Å². The lowest BCUT2D eigenvalue weighted by Gasteiger charge is -2.33. The molecule has 7 heteroatoms. The van der Waals surface area contributed by atoms with Gasteiger partial charge in [-0.3, -0.25) is 9.59 Å². The van der Waals surface area contributed by atoms with Gasteiger partial charge in [-0.15, -0.1) is 0 Å². The fourth-order valence-electron chi connectivity index (χ4n) is 4.50. The van der Waals surface area contributed by atoms with E-state index >= 15 is 0 Å². The van der Waals surface area contributed by atoms with Crippen molar-refractivity contribution in [2.24, 2.45) is 0 Å². The fraction of sp³-hybridized carbons (Fsp3) is 0.481. The van der Waals surface area contributed by atoms with Gasteiger partial charge in [0.15, 0.2) is 6.61 Å². The lowest BCUT2D eigenvalue weighted by atomic mass is 9.95. The molecule has 0 radical (unpaired) electrons. The summed E-state index contributed by atoms with van der Waals surface area (Å²) in [4.78, 5) is 28.3. The Labute approximate surface area is 212 Å². The summed E-state index contributed by atoms with van der Waals surface area (Å²) in [5.74, 6) is 0.216. The number of rotatable bonds is 9. The summed E-state index contributed by atoms with van der Waals surface area (Å²) in [6.45, 7) is 5.81. The first kappa shape index (κ1) is 26.4. The largest absolute Gasteiger partial charge is 0.483 e. The maximum absolute atomic E-state index is 13.5. The Kier molecular flexibility index (Phi) is 9.66. The van der Waals surface area contributed by atoms with Crippen LogP contribution >= 0.6 is 23.2 Å². The normalized spacial score (nSPS) is 15.0. The summed E-state index contributed by atoms with van der Waals surface area (Å²) < 4.78 is 5.87. The average molecular weight is 505 g/mol. The molecule has 1 aliphatic rings. The maximum Gasteiger partial charge on any atom is 0.261 e. The highest BCUT2D eigenvalue weighted by atomic mass is 35.5. The predicted octanol–water partition coefficient (Wildman–Crippen LogP) is 6.25. The first-order chi connectivity index (χ1) is 16.3. The van der Waals surface area contributed by atoms with Crippen LogP contribution in [0.4, 0.5) is 0 Å². The van der Waals surface area contributed by atoms with Crippen LogP contribution in [0.3, 0.4) is 0 Å². The van der Waals surface area contributed by atoms with Crippen LogP contribution in [0.1, 0.15) is 62.1 Å². The zero-order valence-electron chi connectivity index (χ0n) is 20.2. The lowest BCUT2D eigenvalue weighted by Crippen LogP contribution is -2.52. The minimum Gasteiger partial charge on any atom is -0.483 e. The van der Waals surface area contributed by atoms with E-state index in [1.54, 1.807) is 23.1 Å². The van der Waals surface area contributed by atoms with Gasteiger partial charge in [0, 0.05) is 28.2 Å². The van der Waals surface area contributed by atoms with Crippen molar-refractivity contribution in [2.45, 2.75) is 77.9 Å². The topological polar surface area (TPSA) is 58.6 Å². The number of carbonyl (C=O) groups excluding carboxylic acids is 2. The summed E-state index contributed by atoms with van der Waals surface area (Å²) in [6.07, 6.45) is 5.85. The van der Waals surface area contributed by atoms with Gasteiger partial charge in [0.2, 0.25) is 5.91 Å².